The summed E-state index contributed by atoms with van der Waals surface area (Å²) in [7, 11) is 0. The molecule has 2 aromatic carbocycles. The van der Waals surface area contributed by atoms with Crippen molar-refractivity contribution in [3.8, 4) is 0 Å². The summed E-state index contributed by atoms with van der Waals surface area (Å²) in [4.78, 5) is 14.5. The van der Waals surface area contributed by atoms with E-state index in [1.54, 1.807) is 11.8 Å². The second kappa shape index (κ2) is 8.15. The van der Waals surface area contributed by atoms with E-state index >= 15 is 0 Å². The van der Waals surface area contributed by atoms with Crippen LogP contribution < -0.4 is 10.6 Å². The summed E-state index contributed by atoms with van der Waals surface area (Å²) < 4.78 is 5.39. The Bertz CT molecular complexity index is 642. The summed E-state index contributed by atoms with van der Waals surface area (Å²) in [6.45, 7) is 2.11. The molecule has 0 aliphatic carbocycles. The van der Waals surface area contributed by atoms with Gasteiger partial charge in [-0.25, -0.2) is 0 Å². The van der Waals surface area contributed by atoms with E-state index in [0.29, 0.717) is 19.6 Å². The lowest BCUT2D eigenvalue weighted by atomic mass is 10.2. The normalized spacial score (nSPS) is 17.7. The van der Waals surface area contributed by atoms with Crippen LogP contribution in [0.4, 0.5) is 5.69 Å². The molecule has 1 aliphatic heterocycles. The number of carbonyl (C=O) groups excluding carboxylic acids is 1. The Balaban J connectivity index is 1.64. The van der Waals surface area contributed by atoms with Crippen LogP contribution in [-0.2, 0) is 9.53 Å². The van der Waals surface area contributed by atoms with Gasteiger partial charge in [0.15, 0.2) is 0 Å². The van der Waals surface area contributed by atoms with Crippen molar-refractivity contribution in [1.29, 1.82) is 0 Å². The van der Waals surface area contributed by atoms with Crippen LogP contribution in [-0.4, -0.2) is 31.7 Å². The van der Waals surface area contributed by atoms with Crippen molar-refractivity contribution >= 4 is 23.4 Å². The van der Waals surface area contributed by atoms with Gasteiger partial charge in [-0.2, -0.15) is 0 Å². The Morgan fingerprint density at radius 2 is 1.96 bits per heavy atom. The smallest absolute Gasteiger partial charge is 0.226 e. The maximum Gasteiger partial charge on any atom is 0.226 e. The SMILES string of the molecule is O=C(CC1COCCN1)Nc1ccccc1Sc1ccccc1. The zero-order chi connectivity index (χ0) is 15.9. The number of para-hydroxylation sites is 1. The van der Waals surface area contributed by atoms with E-state index in [-0.39, 0.29) is 11.9 Å². The molecule has 3 rings (SSSR count). The molecule has 2 aromatic rings. The highest BCUT2D eigenvalue weighted by molar-refractivity contribution is 7.99. The minimum absolute atomic E-state index is 0.00844. The highest BCUT2D eigenvalue weighted by atomic mass is 32.2. The summed E-state index contributed by atoms with van der Waals surface area (Å²) in [6.07, 6.45) is 0.421. The molecule has 1 saturated heterocycles. The number of nitrogens with one attached hydrogen (secondary N) is 2. The van der Waals surface area contributed by atoms with Crippen LogP contribution in [0.3, 0.4) is 0 Å². The van der Waals surface area contributed by atoms with Crippen molar-refractivity contribution in [3.05, 3.63) is 54.6 Å². The summed E-state index contributed by atoms with van der Waals surface area (Å²) in [5.41, 5.74) is 0.850. The Labute approximate surface area is 140 Å². The summed E-state index contributed by atoms with van der Waals surface area (Å²) in [5, 5.41) is 6.32. The number of rotatable bonds is 5. The molecule has 4 nitrogen and oxygen atoms in total. The molecule has 23 heavy (non-hydrogen) atoms. The quantitative estimate of drug-likeness (QED) is 0.885. The number of hydrogen-bond acceptors (Lipinski definition) is 4. The van der Waals surface area contributed by atoms with Crippen molar-refractivity contribution in [2.24, 2.45) is 0 Å². The molecule has 1 atom stereocenters. The zero-order valence-corrected chi connectivity index (χ0v) is 13.6. The second-order valence-corrected chi connectivity index (χ2v) is 6.50. The lowest BCUT2D eigenvalue weighted by molar-refractivity contribution is -0.117. The largest absolute Gasteiger partial charge is 0.378 e. The monoisotopic (exact) mass is 328 g/mol. The molecule has 2 N–H and O–H groups in total. The second-order valence-electron chi connectivity index (χ2n) is 5.39. The van der Waals surface area contributed by atoms with Gasteiger partial charge in [-0.15, -0.1) is 0 Å². The van der Waals surface area contributed by atoms with Gasteiger partial charge in [0.1, 0.15) is 0 Å². The minimum atomic E-state index is 0.00844. The van der Waals surface area contributed by atoms with E-state index in [0.717, 1.165) is 22.0 Å². The van der Waals surface area contributed by atoms with Gasteiger partial charge in [-0.05, 0) is 24.3 Å². The number of anilines is 1. The lowest BCUT2D eigenvalue weighted by Gasteiger charge is -2.23. The molecule has 1 heterocycles. The third kappa shape index (κ3) is 4.82. The fourth-order valence-electron chi connectivity index (χ4n) is 2.45. The van der Waals surface area contributed by atoms with Crippen LogP contribution >= 0.6 is 11.8 Å². The maximum atomic E-state index is 12.3. The zero-order valence-electron chi connectivity index (χ0n) is 12.8. The molecule has 1 amide bonds. The Morgan fingerprint density at radius 1 is 1.17 bits per heavy atom. The van der Waals surface area contributed by atoms with Crippen molar-refractivity contribution < 1.29 is 9.53 Å². The van der Waals surface area contributed by atoms with Crippen LogP contribution in [0.1, 0.15) is 6.42 Å². The van der Waals surface area contributed by atoms with E-state index in [2.05, 4.69) is 22.8 Å². The van der Waals surface area contributed by atoms with Crippen LogP contribution in [0.5, 0.6) is 0 Å². The first-order valence-corrected chi connectivity index (χ1v) is 8.56. The number of amides is 1. The van der Waals surface area contributed by atoms with Gasteiger partial charge >= 0.3 is 0 Å². The van der Waals surface area contributed by atoms with Gasteiger partial charge in [0.25, 0.3) is 0 Å². The fraction of sp³-hybridized carbons (Fsp3) is 0.278. The predicted octanol–water partition coefficient (Wildman–Crippen LogP) is 3.15. The Hall–Kier alpha value is -1.82. The average Bonchev–Trinajstić information content (AvgIpc) is 2.58. The number of benzene rings is 2. The molecule has 0 aromatic heterocycles. The molecule has 1 fully saturated rings. The van der Waals surface area contributed by atoms with Crippen molar-refractivity contribution in [1.82, 2.24) is 5.32 Å². The van der Waals surface area contributed by atoms with Gasteiger partial charge in [-0.1, -0.05) is 42.1 Å². The highest BCUT2D eigenvalue weighted by Crippen LogP contribution is 2.33. The molecule has 0 bridgehead atoms. The van der Waals surface area contributed by atoms with E-state index in [4.69, 9.17) is 4.74 Å². The average molecular weight is 328 g/mol. The summed E-state index contributed by atoms with van der Waals surface area (Å²) in [5.74, 6) is 0.00844. The maximum absolute atomic E-state index is 12.3. The first-order chi connectivity index (χ1) is 11.3. The molecule has 1 unspecified atom stereocenters. The Kier molecular flexibility index (Phi) is 5.69. The molecule has 0 saturated carbocycles. The van der Waals surface area contributed by atoms with Crippen LogP contribution in [0, 0.1) is 0 Å². The lowest BCUT2D eigenvalue weighted by Crippen LogP contribution is -2.43. The van der Waals surface area contributed by atoms with Gasteiger partial charge in [0.2, 0.25) is 5.91 Å². The van der Waals surface area contributed by atoms with Gasteiger partial charge in [0, 0.05) is 28.8 Å². The van der Waals surface area contributed by atoms with Crippen LogP contribution in [0.25, 0.3) is 0 Å². The van der Waals surface area contributed by atoms with Gasteiger partial charge < -0.3 is 15.4 Å². The fourth-order valence-corrected chi connectivity index (χ4v) is 3.37. The standard InChI is InChI=1S/C18H20N2O2S/c21-18(12-14-13-22-11-10-19-14)20-16-8-4-5-9-17(16)23-15-6-2-1-3-7-15/h1-9,14,19H,10-13H2,(H,20,21). The first kappa shape index (κ1) is 16.1. The van der Waals surface area contributed by atoms with E-state index < -0.39 is 0 Å². The van der Waals surface area contributed by atoms with Crippen molar-refractivity contribution in [2.75, 3.05) is 25.1 Å². The molecule has 0 radical (unpaired) electrons. The molecule has 5 heteroatoms. The molecular weight excluding hydrogens is 308 g/mol. The number of ether oxygens (including phenoxy) is 1. The molecular formula is C18H20N2O2S. The van der Waals surface area contributed by atoms with Gasteiger partial charge in [0.05, 0.1) is 18.9 Å². The topological polar surface area (TPSA) is 50.4 Å². The first-order valence-electron chi connectivity index (χ1n) is 7.74. The van der Waals surface area contributed by atoms with Gasteiger partial charge in [-0.3, -0.25) is 4.79 Å². The van der Waals surface area contributed by atoms with Crippen molar-refractivity contribution in [2.45, 2.75) is 22.3 Å². The number of carbonyl (C=O) groups is 1. The minimum Gasteiger partial charge on any atom is -0.378 e. The third-order valence-corrected chi connectivity index (χ3v) is 4.65. The van der Waals surface area contributed by atoms with Crippen LogP contribution in [0.15, 0.2) is 64.4 Å². The summed E-state index contributed by atoms with van der Waals surface area (Å²) in [6, 6.07) is 18.1. The summed E-state index contributed by atoms with van der Waals surface area (Å²) >= 11 is 1.65. The van der Waals surface area contributed by atoms with Crippen molar-refractivity contribution in [3.63, 3.8) is 0 Å². The highest BCUT2D eigenvalue weighted by Gasteiger charge is 2.17. The third-order valence-electron chi connectivity index (χ3n) is 3.56. The molecule has 0 spiro atoms. The number of hydrogen-bond donors (Lipinski definition) is 2. The molecule has 1 aliphatic rings. The van der Waals surface area contributed by atoms with Crippen LogP contribution in [0.2, 0.25) is 0 Å². The van der Waals surface area contributed by atoms with E-state index in [1.165, 1.54) is 0 Å². The van der Waals surface area contributed by atoms with E-state index in [9.17, 15) is 4.79 Å². The molecule has 120 valence electrons. The predicted molar refractivity (Wildman–Crippen MR) is 92.9 cm³/mol. The Morgan fingerprint density at radius 3 is 2.74 bits per heavy atom. The van der Waals surface area contributed by atoms with E-state index in [1.807, 2.05) is 42.5 Å². The number of morpholine rings is 1.